The summed E-state index contributed by atoms with van der Waals surface area (Å²) < 4.78 is 62.1. The number of ether oxygens (including phenoxy) is 2. The van der Waals surface area contributed by atoms with Crippen molar-refractivity contribution >= 4 is 23.2 Å². The summed E-state index contributed by atoms with van der Waals surface area (Å²) >= 11 is 5.55. The first kappa shape index (κ1) is 19.9. The second kappa shape index (κ2) is 8.33. The summed E-state index contributed by atoms with van der Waals surface area (Å²) in [6.45, 7) is 0.369. The summed E-state index contributed by atoms with van der Waals surface area (Å²) in [4.78, 5) is 15.8. The van der Waals surface area contributed by atoms with Gasteiger partial charge in [0.25, 0.3) is 5.91 Å². The number of anilines is 1. The molecule has 1 N–H and O–H groups in total. The number of nitrogens with zero attached hydrogens (tertiary/aromatic N) is 1. The number of benzene rings is 1. The lowest BCUT2D eigenvalue weighted by Gasteiger charge is -2.13. The Kier molecular flexibility index (Phi) is 6.38. The first-order valence-corrected chi connectivity index (χ1v) is 7.56. The summed E-state index contributed by atoms with van der Waals surface area (Å²) in [6.07, 6.45) is -4.70. The van der Waals surface area contributed by atoms with Gasteiger partial charge >= 0.3 is 6.18 Å². The molecule has 1 aromatic heterocycles. The van der Waals surface area contributed by atoms with Gasteiger partial charge < -0.3 is 14.8 Å². The van der Waals surface area contributed by atoms with Crippen LogP contribution in [0.25, 0.3) is 0 Å². The summed E-state index contributed by atoms with van der Waals surface area (Å²) in [5.41, 5.74) is -1.77. The number of aromatic nitrogens is 1. The summed E-state index contributed by atoms with van der Waals surface area (Å²) in [7, 11) is 1.46. The lowest BCUT2D eigenvalue weighted by Crippen LogP contribution is -2.17. The largest absolute Gasteiger partial charge is 0.489 e. The number of rotatable bonds is 6. The van der Waals surface area contributed by atoms with Gasteiger partial charge in [-0.3, -0.25) is 4.79 Å². The predicted octanol–water partition coefficient (Wildman–Crippen LogP) is 4.17. The molecule has 0 atom stereocenters. The Hall–Kier alpha value is -2.39. The molecule has 2 rings (SSSR count). The molecule has 0 bridgehead atoms. The first-order chi connectivity index (χ1) is 12.2. The maximum absolute atomic E-state index is 13.5. The molecule has 0 aliphatic heterocycles. The zero-order valence-electron chi connectivity index (χ0n) is 13.4. The molecule has 0 fully saturated rings. The second-order valence-electron chi connectivity index (χ2n) is 5.00. The number of pyridine rings is 1. The number of methoxy groups -OCH3 is 1. The van der Waals surface area contributed by atoms with E-state index < -0.39 is 34.3 Å². The van der Waals surface area contributed by atoms with E-state index >= 15 is 0 Å². The molecular formula is C16H13ClF4N2O3. The zero-order chi connectivity index (χ0) is 19.3. The highest BCUT2D eigenvalue weighted by atomic mass is 35.5. The fourth-order valence-electron chi connectivity index (χ4n) is 1.92. The molecule has 0 aliphatic carbocycles. The molecule has 0 unspecified atom stereocenters. The van der Waals surface area contributed by atoms with Crippen LogP contribution >= 0.6 is 11.6 Å². The van der Waals surface area contributed by atoms with Gasteiger partial charge in [-0.25, -0.2) is 9.37 Å². The molecule has 0 saturated heterocycles. The molecular weight excluding hydrogens is 380 g/mol. The van der Waals surface area contributed by atoms with Crippen LogP contribution in [-0.4, -0.2) is 31.2 Å². The molecule has 2 aromatic rings. The van der Waals surface area contributed by atoms with Crippen LogP contribution in [0, 0.1) is 5.82 Å². The van der Waals surface area contributed by atoms with Crippen LogP contribution < -0.4 is 10.1 Å². The van der Waals surface area contributed by atoms with Crippen molar-refractivity contribution in [3.05, 3.63) is 52.6 Å². The van der Waals surface area contributed by atoms with Crippen molar-refractivity contribution < 1.29 is 31.8 Å². The molecule has 0 spiro atoms. The number of hydrogen-bond donors (Lipinski definition) is 1. The van der Waals surface area contributed by atoms with E-state index in [-0.39, 0.29) is 24.7 Å². The van der Waals surface area contributed by atoms with E-state index in [1.807, 2.05) is 0 Å². The number of alkyl halides is 3. The molecule has 1 heterocycles. The lowest BCUT2D eigenvalue weighted by molar-refractivity contribution is -0.137. The standard InChI is InChI=1S/C16H13ClF4N2O3/c1-25-4-5-26-13-3-2-10(18)8-11(13)23-15(24)12-6-9(16(19,20)21)7-14(17)22-12/h2-3,6-8H,4-5H2,1H3,(H,23,24). The van der Waals surface area contributed by atoms with Crippen molar-refractivity contribution in [2.75, 3.05) is 25.6 Å². The van der Waals surface area contributed by atoms with Crippen molar-refractivity contribution in [1.29, 1.82) is 0 Å². The third kappa shape index (κ3) is 5.30. The molecule has 5 nitrogen and oxygen atoms in total. The van der Waals surface area contributed by atoms with E-state index in [0.717, 1.165) is 12.1 Å². The average molecular weight is 393 g/mol. The van der Waals surface area contributed by atoms with Crippen LogP contribution in [0.3, 0.4) is 0 Å². The number of amides is 1. The highest BCUT2D eigenvalue weighted by molar-refractivity contribution is 6.29. The third-order valence-corrected chi connectivity index (χ3v) is 3.28. The molecule has 0 aliphatic rings. The van der Waals surface area contributed by atoms with Crippen LogP contribution in [0.5, 0.6) is 5.75 Å². The van der Waals surface area contributed by atoms with Crippen molar-refractivity contribution in [1.82, 2.24) is 4.98 Å². The molecule has 26 heavy (non-hydrogen) atoms. The summed E-state index contributed by atoms with van der Waals surface area (Å²) in [6, 6.07) is 4.49. The van der Waals surface area contributed by atoms with E-state index in [0.29, 0.717) is 12.1 Å². The molecule has 140 valence electrons. The quantitative estimate of drug-likeness (QED) is 0.455. The van der Waals surface area contributed by atoms with Gasteiger partial charge in [0.2, 0.25) is 0 Å². The number of hydrogen-bond acceptors (Lipinski definition) is 4. The van der Waals surface area contributed by atoms with Crippen LogP contribution in [0.2, 0.25) is 5.15 Å². The van der Waals surface area contributed by atoms with E-state index in [9.17, 15) is 22.4 Å². The number of nitrogens with one attached hydrogen (secondary N) is 1. The number of halogens is 5. The van der Waals surface area contributed by atoms with Gasteiger partial charge in [0.1, 0.15) is 29.0 Å². The Balaban J connectivity index is 2.27. The minimum absolute atomic E-state index is 0.0681. The van der Waals surface area contributed by atoms with Gasteiger partial charge in [0.15, 0.2) is 0 Å². The predicted molar refractivity (Wildman–Crippen MR) is 86.0 cm³/mol. The van der Waals surface area contributed by atoms with Gasteiger partial charge in [0, 0.05) is 13.2 Å². The lowest BCUT2D eigenvalue weighted by atomic mass is 10.2. The maximum atomic E-state index is 13.5. The Bertz CT molecular complexity index is 800. The number of carbonyl (C=O) groups is 1. The molecule has 1 amide bonds. The second-order valence-corrected chi connectivity index (χ2v) is 5.38. The van der Waals surface area contributed by atoms with Gasteiger partial charge in [-0.2, -0.15) is 13.2 Å². The highest BCUT2D eigenvalue weighted by Crippen LogP contribution is 2.31. The Morgan fingerprint density at radius 1 is 1.23 bits per heavy atom. The van der Waals surface area contributed by atoms with Crippen molar-refractivity contribution in [2.24, 2.45) is 0 Å². The molecule has 1 aromatic carbocycles. The molecule has 0 radical (unpaired) electrons. The highest BCUT2D eigenvalue weighted by Gasteiger charge is 2.32. The van der Waals surface area contributed by atoms with Crippen molar-refractivity contribution in [3.8, 4) is 5.75 Å². The van der Waals surface area contributed by atoms with Crippen LogP contribution in [0.4, 0.5) is 23.2 Å². The van der Waals surface area contributed by atoms with E-state index in [2.05, 4.69) is 10.3 Å². The fourth-order valence-corrected chi connectivity index (χ4v) is 2.13. The van der Waals surface area contributed by atoms with E-state index in [1.54, 1.807) is 0 Å². The monoisotopic (exact) mass is 392 g/mol. The first-order valence-electron chi connectivity index (χ1n) is 7.18. The number of carbonyl (C=O) groups excluding carboxylic acids is 1. The minimum Gasteiger partial charge on any atom is -0.489 e. The summed E-state index contributed by atoms with van der Waals surface area (Å²) in [5, 5.41) is 1.77. The SMILES string of the molecule is COCCOc1ccc(F)cc1NC(=O)c1cc(C(F)(F)F)cc(Cl)n1. The van der Waals surface area contributed by atoms with Crippen LogP contribution in [0.1, 0.15) is 16.1 Å². The van der Waals surface area contributed by atoms with Gasteiger partial charge in [-0.1, -0.05) is 11.6 Å². The fraction of sp³-hybridized carbons (Fsp3) is 0.250. The van der Waals surface area contributed by atoms with Crippen molar-refractivity contribution in [2.45, 2.75) is 6.18 Å². The maximum Gasteiger partial charge on any atom is 0.416 e. The molecule has 10 heteroatoms. The van der Waals surface area contributed by atoms with E-state index in [4.69, 9.17) is 21.1 Å². The normalized spacial score (nSPS) is 11.3. The topological polar surface area (TPSA) is 60.5 Å². The zero-order valence-corrected chi connectivity index (χ0v) is 14.1. The van der Waals surface area contributed by atoms with Crippen molar-refractivity contribution in [3.63, 3.8) is 0 Å². The Morgan fingerprint density at radius 3 is 2.62 bits per heavy atom. The van der Waals surface area contributed by atoms with Gasteiger partial charge in [0.05, 0.1) is 17.9 Å². The average Bonchev–Trinajstić information content (AvgIpc) is 2.55. The smallest absolute Gasteiger partial charge is 0.416 e. The Morgan fingerprint density at radius 2 is 1.96 bits per heavy atom. The van der Waals surface area contributed by atoms with Gasteiger partial charge in [-0.15, -0.1) is 0 Å². The summed E-state index contributed by atoms with van der Waals surface area (Å²) in [5.74, 6) is -1.55. The van der Waals surface area contributed by atoms with Crippen LogP contribution in [0.15, 0.2) is 30.3 Å². The van der Waals surface area contributed by atoms with Crippen LogP contribution in [-0.2, 0) is 10.9 Å². The molecule has 0 saturated carbocycles. The Labute approximate surface area is 150 Å². The minimum atomic E-state index is -4.70. The van der Waals surface area contributed by atoms with E-state index in [1.165, 1.54) is 13.2 Å². The third-order valence-electron chi connectivity index (χ3n) is 3.09. The van der Waals surface area contributed by atoms with Gasteiger partial charge in [-0.05, 0) is 24.3 Å².